The molecule has 1 heterocycles. The first kappa shape index (κ1) is 8.72. The first-order valence-electron chi connectivity index (χ1n) is 3.79. The minimum absolute atomic E-state index is 0.0864. The number of hydrogen-bond donors (Lipinski definition) is 2. The van der Waals surface area contributed by atoms with E-state index < -0.39 is 0 Å². The summed E-state index contributed by atoms with van der Waals surface area (Å²) in [4.78, 5) is 2.98. The van der Waals surface area contributed by atoms with E-state index >= 15 is 0 Å². The standard InChI is InChI=1S/C9H7BrFNO/c10-9-6-3-5(11)1-2-7(6)12-8(9)4-13/h1-3,12-13H,4H2. The number of nitrogens with one attached hydrogen (secondary N) is 1. The van der Waals surface area contributed by atoms with E-state index in [1.165, 1.54) is 12.1 Å². The molecule has 68 valence electrons. The summed E-state index contributed by atoms with van der Waals surface area (Å²) in [5, 5.41) is 9.69. The van der Waals surface area contributed by atoms with Crippen LogP contribution in [0.1, 0.15) is 5.69 Å². The van der Waals surface area contributed by atoms with Crippen LogP contribution in [0.4, 0.5) is 4.39 Å². The lowest BCUT2D eigenvalue weighted by Gasteiger charge is -1.90. The van der Waals surface area contributed by atoms with Crippen molar-refractivity contribution in [2.75, 3.05) is 0 Å². The Morgan fingerprint density at radius 2 is 2.23 bits per heavy atom. The topological polar surface area (TPSA) is 36.0 Å². The van der Waals surface area contributed by atoms with E-state index in [9.17, 15) is 4.39 Å². The van der Waals surface area contributed by atoms with Crippen molar-refractivity contribution in [3.8, 4) is 0 Å². The van der Waals surface area contributed by atoms with Crippen LogP contribution in [0, 0.1) is 5.82 Å². The summed E-state index contributed by atoms with van der Waals surface area (Å²) in [5.41, 5.74) is 1.48. The number of aromatic amines is 1. The van der Waals surface area contributed by atoms with Crippen molar-refractivity contribution in [3.63, 3.8) is 0 Å². The van der Waals surface area contributed by atoms with E-state index in [0.29, 0.717) is 5.69 Å². The Morgan fingerprint density at radius 3 is 2.92 bits per heavy atom. The molecule has 0 spiro atoms. The van der Waals surface area contributed by atoms with Crippen LogP contribution in [0.5, 0.6) is 0 Å². The van der Waals surface area contributed by atoms with Crippen LogP contribution in [-0.2, 0) is 6.61 Å². The predicted molar refractivity (Wildman–Crippen MR) is 51.9 cm³/mol. The molecule has 2 rings (SSSR count). The van der Waals surface area contributed by atoms with Crippen molar-refractivity contribution in [1.29, 1.82) is 0 Å². The van der Waals surface area contributed by atoms with E-state index in [4.69, 9.17) is 5.11 Å². The molecule has 0 atom stereocenters. The fourth-order valence-corrected chi connectivity index (χ4v) is 1.85. The number of rotatable bonds is 1. The monoisotopic (exact) mass is 243 g/mol. The second-order valence-corrected chi connectivity index (χ2v) is 3.56. The SMILES string of the molecule is OCc1[nH]c2ccc(F)cc2c1Br. The number of H-pyrrole nitrogens is 1. The van der Waals surface area contributed by atoms with Gasteiger partial charge in [-0.25, -0.2) is 4.39 Å². The van der Waals surface area contributed by atoms with Gasteiger partial charge in [-0.2, -0.15) is 0 Å². The van der Waals surface area contributed by atoms with Crippen LogP contribution in [0.2, 0.25) is 0 Å². The third-order valence-corrected chi connectivity index (χ3v) is 2.83. The van der Waals surface area contributed by atoms with Gasteiger partial charge in [-0.1, -0.05) is 0 Å². The molecule has 0 aliphatic carbocycles. The highest BCUT2D eigenvalue weighted by atomic mass is 79.9. The van der Waals surface area contributed by atoms with Crippen molar-refractivity contribution in [3.05, 3.63) is 34.2 Å². The zero-order valence-electron chi connectivity index (χ0n) is 6.64. The van der Waals surface area contributed by atoms with E-state index in [0.717, 1.165) is 15.4 Å². The predicted octanol–water partition coefficient (Wildman–Crippen LogP) is 2.56. The van der Waals surface area contributed by atoms with Gasteiger partial charge in [0.1, 0.15) is 5.82 Å². The Labute approximate surface area is 82.5 Å². The molecule has 0 bridgehead atoms. The van der Waals surface area contributed by atoms with Crippen LogP contribution in [0.3, 0.4) is 0 Å². The molecule has 1 aromatic heterocycles. The summed E-state index contributed by atoms with van der Waals surface area (Å²) in [7, 11) is 0. The third kappa shape index (κ3) is 1.36. The minimum Gasteiger partial charge on any atom is -0.390 e. The van der Waals surface area contributed by atoms with E-state index in [-0.39, 0.29) is 12.4 Å². The Kier molecular flexibility index (Phi) is 2.09. The summed E-state index contributed by atoms with van der Waals surface area (Å²) in [6, 6.07) is 4.45. The maximum atomic E-state index is 12.8. The fraction of sp³-hybridized carbons (Fsp3) is 0.111. The quantitative estimate of drug-likeness (QED) is 0.794. The first-order valence-corrected chi connectivity index (χ1v) is 4.58. The third-order valence-electron chi connectivity index (χ3n) is 1.93. The zero-order chi connectivity index (χ0) is 9.42. The highest BCUT2D eigenvalue weighted by Crippen LogP contribution is 2.28. The second-order valence-electron chi connectivity index (χ2n) is 2.77. The maximum absolute atomic E-state index is 12.8. The van der Waals surface area contributed by atoms with Gasteiger partial charge in [0.25, 0.3) is 0 Å². The van der Waals surface area contributed by atoms with Gasteiger partial charge in [0, 0.05) is 15.4 Å². The molecule has 0 saturated heterocycles. The van der Waals surface area contributed by atoms with Gasteiger partial charge in [-0.15, -0.1) is 0 Å². The average molecular weight is 244 g/mol. The molecule has 2 aromatic rings. The van der Waals surface area contributed by atoms with Gasteiger partial charge in [-0.3, -0.25) is 0 Å². The molecule has 4 heteroatoms. The second kappa shape index (κ2) is 3.12. The largest absolute Gasteiger partial charge is 0.390 e. The van der Waals surface area contributed by atoms with E-state index in [1.807, 2.05) is 0 Å². The highest BCUT2D eigenvalue weighted by molar-refractivity contribution is 9.10. The smallest absolute Gasteiger partial charge is 0.123 e. The minimum atomic E-state index is -0.281. The van der Waals surface area contributed by atoms with Gasteiger partial charge in [0.2, 0.25) is 0 Å². The molecule has 13 heavy (non-hydrogen) atoms. The average Bonchev–Trinajstić information content (AvgIpc) is 2.44. The molecular formula is C9H7BrFNO. The van der Waals surface area contributed by atoms with E-state index in [1.54, 1.807) is 6.07 Å². The molecule has 0 radical (unpaired) electrons. The Bertz CT molecular complexity index is 452. The lowest BCUT2D eigenvalue weighted by Crippen LogP contribution is -1.81. The number of fused-ring (bicyclic) bond motifs is 1. The summed E-state index contributed by atoms with van der Waals surface area (Å²) < 4.78 is 13.6. The normalized spacial score (nSPS) is 11.0. The summed E-state index contributed by atoms with van der Waals surface area (Å²) in [6.07, 6.45) is 0. The molecule has 0 saturated carbocycles. The fourth-order valence-electron chi connectivity index (χ4n) is 1.30. The van der Waals surface area contributed by atoms with Gasteiger partial charge in [0.15, 0.2) is 0 Å². The first-order chi connectivity index (χ1) is 6.22. The molecule has 0 fully saturated rings. The van der Waals surface area contributed by atoms with Gasteiger partial charge < -0.3 is 10.1 Å². The van der Waals surface area contributed by atoms with Crippen LogP contribution >= 0.6 is 15.9 Å². The van der Waals surface area contributed by atoms with Crippen molar-refractivity contribution in [1.82, 2.24) is 4.98 Å². The molecule has 2 N–H and O–H groups in total. The van der Waals surface area contributed by atoms with E-state index in [2.05, 4.69) is 20.9 Å². The number of hydrogen-bond acceptors (Lipinski definition) is 1. The number of aromatic nitrogens is 1. The molecular weight excluding hydrogens is 237 g/mol. The zero-order valence-corrected chi connectivity index (χ0v) is 8.23. The Balaban J connectivity index is 2.77. The Morgan fingerprint density at radius 1 is 1.46 bits per heavy atom. The lowest BCUT2D eigenvalue weighted by molar-refractivity contribution is 0.277. The van der Waals surface area contributed by atoms with Crippen molar-refractivity contribution in [2.24, 2.45) is 0 Å². The molecule has 0 amide bonds. The number of aliphatic hydroxyl groups is 1. The molecule has 0 aliphatic heterocycles. The van der Waals surface area contributed by atoms with Crippen molar-refractivity contribution in [2.45, 2.75) is 6.61 Å². The molecule has 0 aliphatic rings. The number of benzene rings is 1. The molecule has 1 aromatic carbocycles. The Hall–Kier alpha value is -0.870. The molecule has 2 nitrogen and oxygen atoms in total. The van der Waals surface area contributed by atoms with Gasteiger partial charge >= 0.3 is 0 Å². The van der Waals surface area contributed by atoms with Crippen LogP contribution in [-0.4, -0.2) is 10.1 Å². The van der Waals surface area contributed by atoms with Crippen LogP contribution in [0.15, 0.2) is 22.7 Å². The summed E-state index contributed by atoms with van der Waals surface area (Å²) in [6.45, 7) is -0.0864. The number of aliphatic hydroxyl groups excluding tert-OH is 1. The number of halogens is 2. The highest BCUT2D eigenvalue weighted by Gasteiger charge is 2.08. The summed E-state index contributed by atoms with van der Waals surface area (Å²) in [5.74, 6) is -0.281. The van der Waals surface area contributed by atoms with Crippen molar-refractivity contribution < 1.29 is 9.50 Å². The molecule has 0 unspecified atom stereocenters. The van der Waals surface area contributed by atoms with Gasteiger partial charge in [0.05, 0.1) is 12.3 Å². The van der Waals surface area contributed by atoms with Crippen LogP contribution < -0.4 is 0 Å². The lowest BCUT2D eigenvalue weighted by atomic mass is 10.2. The van der Waals surface area contributed by atoms with Gasteiger partial charge in [-0.05, 0) is 34.1 Å². The van der Waals surface area contributed by atoms with Crippen molar-refractivity contribution >= 4 is 26.8 Å². The summed E-state index contributed by atoms with van der Waals surface area (Å²) >= 11 is 3.29. The van der Waals surface area contributed by atoms with Crippen LogP contribution in [0.25, 0.3) is 10.9 Å². The maximum Gasteiger partial charge on any atom is 0.123 e.